The average molecular weight is 343 g/mol. The molecule has 1 aliphatic rings. The summed E-state index contributed by atoms with van der Waals surface area (Å²) >= 11 is 0. The lowest BCUT2D eigenvalue weighted by molar-refractivity contribution is 0.241. The molecule has 1 atom stereocenters. The van der Waals surface area contributed by atoms with Gasteiger partial charge in [-0.2, -0.15) is 0 Å². The van der Waals surface area contributed by atoms with Crippen LogP contribution in [0.5, 0.6) is 5.75 Å². The number of nitrogens with zero attached hydrogens (tertiary/aromatic N) is 3. The summed E-state index contributed by atoms with van der Waals surface area (Å²) in [4.78, 5) is 26.4. The van der Waals surface area contributed by atoms with E-state index >= 15 is 0 Å². The molecule has 1 saturated heterocycles. The Kier molecular flexibility index (Phi) is 5.08. The van der Waals surface area contributed by atoms with Crippen LogP contribution < -0.4 is 16.0 Å². The first kappa shape index (κ1) is 17.5. The number of hydrogen-bond donors (Lipinski definition) is 0. The first-order chi connectivity index (χ1) is 12.0. The fourth-order valence-electron chi connectivity index (χ4n) is 3.48. The van der Waals surface area contributed by atoms with Gasteiger partial charge in [0, 0.05) is 38.4 Å². The van der Waals surface area contributed by atoms with Crippen molar-refractivity contribution in [3.63, 3.8) is 0 Å². The number of likely N-dealkylation sites (tertiary alicyclic amines) is 1. The van der Waals surface area contributed by atoms with Gasteiger partial charge >= 0.3 is 5.69 Å². The second-order valence-electron chi connectivity index (χ2n) is 6.51. The number of hydrogen-bond acceptors (Lipinski definition) is 4. The van der Waals surface area contributed by atoms with Crippen molar-refractivity contribution in [1.29, 1.82) is 0 Å². The molecular formula is C19H25N3O3. The van der Waals surface area contributed by atoms with Gasteiger partial charge in [-0.3, -0.25) is 18.8 Å². The largest absolute Gasteiger partial charge is 0.494 e. The van der Waals surface area contributed by atoms with Gasteiger partial charge < -0.3 is 4.74 Å². The molecule has 0 saturated carbocycles. The van der Waals surface area contributed by atoms with Gasteiger partial charge in [0.05, 0.1) is 6.61 Å². The molecule has 0 radical (unpaired) electrons. The van der Waals surface area contributed by atoms with Gasteiger partial charge in [0.2, 0.25) is 0 Å². The van der Waals surface area contributed by atoms with E-state index in [1.165, 1.54) is 12.6 Å². The molecule has 0 N–H and O–H groups in total. The van der Waals surface area contributed by atoms with E-state index < -0.39 is 0 Å². The lowest BCUT2D eigenvalue weighted by atomic mass is 10.0. The quantitative estimate of drug-likeness (QED) is 0.831. The zero-order chi connectivity index (χ0) is 18.0. The Hall–Kier alpha value is -2.34. The van der Waals surface area contributed by atoms with Crippen molar-refractivity contribution in [1.82, 2.24) is 14.0 Å². The van der Waals surface area contributed by atoms with E-state index in [1.807, 2.05) is 19.1 Å². The van der Waals surface area contributed by atoms with Crippen molar-refractivity contribution in [2.24, 2.45) is 14.1 Å². The Labute approximate surface area is 147 Å². The first-order valence-electron chi connectivity index (χ1n) is 8.74. The Morgan fingerprint density at radius 3 is 2.52 bits per heavy atom. The summed E-state index contributed by atoms with van der Waals surface area (Å²) < 4.78 is 8.21. The maximum Gasteiger partial charge on any atom is 0.330 e. The lowest BCUT2D eigenvalue weighted by Crippen LogP contribution is -2.39. The number of rotatable bonds is 5. The summed E-state index contributed by atoms with van der Waals surface area (Å²) in [5, 5.41) is 0. The van der Waals surface area contributed by atoms with Crippen LogP contribution in [0.25, 0.3) is 0 Å². The van der Waals surface area contributed by atoms with E-state index in [0.29, 0.717) is 19.2 Å². The smallest absolute Gasteiger partial charge is 0.330 e. The maximum absolute atomic E-state index is 12.1. The van der Waals surface area contributed by atoms with Gasteiger partial charge in [-0.25, -0.2) is 4.79 Å². The Bertz CT molecular complexity index is 852. The molecule has 134 valence electrons. The third kappa shape index (κ3) is 3.54. The molecule has 6 nitrogen and oxygen atoms in total. The van der Waals surface area contributed by atoms with Crippen LogP contribution >= 0.6 is 0 Å². The molecule has 25 heavy (non-hydrogen) atoms. The molecule has 6 heteroatoms. The Balaban J connectivity index is 1.83. The van der Waals surface area contributed by atoms with E-state index in [1.54, 1.807) is 17.7 Å². The molecule has 1 aromatic carbocycles. The highest BCUT2D eigenvalue weighted by atomic mass is 16.5. The molecular weight excluding hydrogens is 318 g/mol. The van der Waals surface area contributed by atoms with Crippen molar-refractivity contribution in [2.75, 3.05) is 13.2 Å². The Morgan fingerprint density at radius 1 is 1.12 bits per heavy atom. The Morgan fingerprint density at radius 2 is 1.84 bits per heavy atom. The standard InChI is InChI=1S/C19H25N3O3/c1-4-25-16-9-7-14(8-10-16)17-6-5-11-22(17)13-15-12-18(23)21(3)19(24)20(15)2/h7-10,12,17H,4-6,11,13H2,1-3H3/t17-/m1/s1. The third-order valence-electron chi connectivity index (χ3n) is 4.93. The van der Waals surface area contributed by atoms with E-state index in [0.717, 1.165) is 35.4 Å². The number of ether oxygens (including phenoxy) is 1. The van der Waals surface area contributed by atoms with Crippen LogP contribution in [0.3, 0.4) is 0 Å². The van der Waals surface area contributed by atoms with Gasteiger partial charge in [0.1, 0.15) is 5.75 Å². The monoisotopic (exact) mass is 343 g/mol. The summed E-state index contributed by atoms with van der Waals surface area (Å²) in [6, 6.07) is 10.1. The van der Waals surface area contributed by atoms with Gasteiger partial charge in [0.15, 0.2) is 0 Å². The predicted molar refractivity (Wildman–Crippen MR) is 96.9 cm³/mol. The topological polar surface area (TPSA) is 56.5 Å². The molecule has 0 unspecified atom stereocenters. The second-order valence-corrected chi connectivity index (χ2v) is 6.51. The summed E-state index contributed by atoms with van der Waals surface area (Å²) in [6.45, 7) is 4.19. The third-order valence-corrected chi connectivity index (χ3v) is 4.93. The highest BCUT2D eigenvalue weighted by Gasteiger charge is 2.26. The van der Waals surface area contributed by atoms with Gasteiger partial charge in [0.25, 0.3) is 5.56 Å². The average Bonchev–Trinajstić information content (AvgIpc) is 3.07. The summed E-state index contributed by atoms with van der Waals surface area (Å²) in [7, 11) is 3.23. The molecule has 2 heterocycles. The SMILES string of the molecule is CCOc1ccc([C@H]2CCCN2Cc2cc(=O)n(C)c(=O)n2C)cc1. The van der Waals surface area contributed by atoms with Gasteiger partial charge in [-0.1, -0.05) is 12.1 Å². The van der Waals surface area contributed by atoms with Crippen LogP contribution in [0.1, 0.15) is 37.1 Å². The molecule has 0 bridgehead atoms. The molecule has 0 amide bonds. The van der Waals surface area contributed by atoms with Crippen LogP contribution in [0.4, 0.5) is 0 Å². The van der Waals surface area contributed by atoms with Crippen molar-refractivity contribution in [3.05, 3.63) is 62.4 Å². The molecule has 3 rings (SSSR count). The molecule has 1 aliphatic heterocycles. The summed E-state index contributed by atoms with van der Waals surface area (Å²) in [5.74, 6) is 0.879. The molecule has 0 aliphatic carbocycles. The van der Waals surface area contributed by atoms with Gasteiger partial charge in [-0.05, 0) is 44.0 Å². The lowest BCUT2D eigenvalue weighted by Gasteiger charge is -2.26. The zero-order valence-electron chi connectivity index (χ0n) is 15.1. The summed E-state index contributed by atoms with van der Waals surface area (Å²) in [5.41, 5.74) is 1.47. The fourth-order valence-corrected chi connectivity index (χ4v) is 3.48. The minimum atomic E-state index is -0.278. The van der Waals surface area contributed by atoms with E-state index in [9.17, 15) is 9.59 Å². The minimum absolute atomic E-state index is 0.255. The van der Waals surface area contributed by atoms with E-state index in [2.05, 4.69) is 17.0 Å². The molecule has 1 fully saturated rings. The molecule has 0 spiro atoms. The van der Waals surface area contributed by atoms with Crippen molar-refractivity contribution in [2.45, 2.75) is 32.4 Å². The maximum atomic E-state index is 12.1. The normalized spacial score (nSPS) is 17.8. The van der Waals surface area contributed by atoms with Crippen LogP contribution in [-0.2, 0) is 20.6 Å². The van der Waals surface area contributed by atoms with Crippen LogP contribution in [0, 0.1) is 0 Å². The second kappa shape index (κ2) is 7.27. The van der Waals surface area contributed by atoms with Crippen molar-refractivity contribution in [3.8, 4) is 5.75 Å². The van der Waals surface area contributed by atoms with Crippen LogP contribution in [0.2, 0.25) is 0 Å². The van der Waals surface area contributed by atoms with Crippen molar-refractivity contribution < 1.29 is 4.74 Å². The predicted octanol–water partition coefficient (Wildman–Crippen LogP) is 1.82. The molecule has 1 aromatic heterocycles. The molecule has 2 aromatic rings. The highest BCUT2D eigenvalue weighted by molar-refractivity contribution is 5.29. The zero-order valence-corrected chi connectivity index (χ0v) is 15.1. The number of benzene rings is 1. The van der Waals surface area contributed by atoms with Crippen LogP contribution in [0.15, 0.2) is 39.9 Å². The van der Waals surface area contributed by atoms with Crippen LogP contribution in [-0.4, -0.2) is 27.2 Å². The summed E-state index contributed by atoms with van der Waals surface area (Å²) in [6.07, 6.45) is 2.18. The minimum Gasteiger partial charge on any atom is -0.494 e. The van der Waals surface area contributed by atoms with E-state index in [-0.39, 0.29) is 11.2 Å². The highest BCUT2D eigenvalue weighted by Crippen LogP contribution is 2.33. The van der Waals surface area contributed by atoms with E-state index in [4.69, 9.17) is 4.74 Å². The van der Waals surface area contributed by atoms with Crippen molar-refractivity contribution >= 4 is 0 Å². The fraction of sp³-hybridized carbons (Fsp3) is 0.474. The van der Waals surface area contributed by atoms with Gasteiger partial charge in [-0.15, -0.1) is 0 Å². The number of aromatic nitrogens is 2. The first-order valence-corrected chi connectivity index (χ1v) is 8.74.